The third-order valence-electron chi connectivity index (χ3n) is 7.26. The standard InChI is InChI=1S/C26H33N7O2/c1-5-33-20(31-32-25(33)34)14-16-6-8-17(9-7-16)18-10-12-19(13-11-18)22-26(3,4)35-24-21(30-22)23(27)28-15(2)29-24/h10-13,16-17H,5-9,14H2,1-4H3,(H,32,34)(H2,27,28,29). The van der Waals surface area contributed by atoms with Gasteiger partial charge < -0.3 is 10.5 Å². The average Bonchev–Trinajstić information content (AvgIpc) is 3.17. The molecule has 0 atom stereocenters. The third-order valence-corrected chi connectivity index (χ3v) is 7.26. The van der Waals surface area contributed by atoms with Crippen LogP contribution in [0.4, 0.5) is 11.5 Å². The summed E-state index contributed by atoms with van der Waals surface area (Å²) in [5.74, 6) is 3.32. The van der Waals surface area contributed by atoms with Crippen LogP contribution in [0.1, 0.15) is 75.1 Å². The van der Waals surface area contributed by atoms with E-state index in [4.69, 9.17) is 15.5 Å². The molecule has 35 heavy (non-hydrogen) atoms. The molecule has 0 radical (unpaired) electrons. The van der Waals surface area contributed by atoms with Crippen molar-refractivity contribution in [2.24, 2.45) is 10.9 Å². The Labute approximate surface area is 204 Å². The van der Waals surface area contributed by atoms with E-state index < -0.39 is 5.60 Å². The lowest BCUT2D eigenvalue weighted by Gasteiger charge is -2.32. The quantitative estimate of drug-likeness (QED) is 0.573. The number of hydrogen-bond acceptors (Lipinski definition) is 7. The summed E-state index contributed by atoms with van der Waals surface area (Å²) in [6, 6.07) is 8.69. The van der Waals surface area contributed by atoms with E-state index >= 15 is 0 Å². The lowest BCUT2D eigenvalue weighted by Crippen LogP contribution is -2.41. The van der Waals surface area contributed by atoms with Crippen molar-refractivity contribution in [2.75, 3.05) is 5.73 Å². The number of hydrogen-bond donors (Lipinski definition) is 2. The van der Waals surface area contributed by atoms with E-state index in [2.05, 4.69) is 44.4 Å². The van der Waals surface area contributed by atoms with Crippen LogP contribution in [0.5, 0.6) is 5.88 Å². The van der Waals surface area contributed by atoms with Crippen molar-refractivity contribution in [1.29, 1.82) is 0 Å². The van der Waals surface area contributed by atoms with Gasteiger partial charge in [0.1, 0.15) is 17.2 Å². The Kier molecular flexibility index (Phi) is 5.94. The fraction of sp³-hybridized carbons (Fsp3) is 0.500. The zero-order valence-corrected chi connectivity index (χ0v) is 20.8. The monoisotopic (exact) mass is 475 g/mol. The van der Waals surface area contributed by atoms with Gasteiger partial charge in [-0.15, -0.1) is 0 Å². The Hall–Kier alpha value is -3.49. The number of nitrogens with one attached hydrogen (secondary N) is 1. The van der Waals surface area contributed by atoms with Crippen LogP contribution in [0.2, 0.25) is 0 Å². The highest BCUT2D eigenvalue weighted by atomic mass is 16.5. The van der Waals surface area contributed by atoms with Crippen LogP contribution in [-0.4, -0.2) is 36.0 Å². The van der Waals surface area contributed by atoms with Crippen LogP contribution in [-0.2, 0) is 13.0 Å². The van der Waals surface area contributed by atoms with Gasteiger partial charge in [-0.2, -0.15) is 10.1 Å². The summed E-state index contributed by atoms with van der Waals surface area (Å²) >= 11 is 0. The van der Waals surface area contributed by atoms with Crippen molar-refractivity contribution in [3.8, 4) is 5.88 Å². The van der Waals surface area contributed by atoms with Gasteiger partial charge in [-0.25, -0.2) is 19.9 Å². The van der Waals surface area contributed by atoms with Crippen LogP contribution in [0.3, 0.4) is 0 Å². The first-order valence-corrected chi connectivity index (χ1v) is 12.4. The lowest BCUT2D eigenvalue weighted by atomic mass is 9.77. The molecule has 184 valence electrons. The molecule has 0 saturated heterocycles. The highest BCUT2D eigenvalue weighted by molar-refractivity contribution is 6.09. The molecule has 0 unspecified atom stereocenters. The predicted molar refractivity (Wildman–Crippen MR) is 135 cm³/mol. The number of nitrogen functional groups attached to an aromatic ring is 1. The van der Waals surface area contributed by atoms with Gasteiger partial charge in [-0.3, -0.25) is 4.57 Å². The minimum Gasteiger partial charge on any atom is -0.463 e. The highest BCUT2D eigenvalue weighted by Crippen LogP contribution is 2.40. The molecule has 3 aromatic rings. The number of nitrogens with two attached hydrogens (primary N) is 1. The normalized spacial score (nSPS) is 21.2. The summed E-state index contributed by atoms with van der Waals surface area (Å²) in [5, 5.41) is 6.82. The van der Waals surface area contributed by atoms with E-state index in [1.807, 2.05) is 20.8 Å². The van der Waals surface area contributed by atoms with E-state index in [1.54, 1.807) is 11.5 Å². The van der Waals surface area contributed by atoms with Gasteiger partial charge >= 0.3 is 5.69 Å². The van der Waals surface area contributed by atoms with Crippen LogP contribution in [0.15, 0.2) is 34.1 Å². The van der Waals surface area contributed by atoms with Crippen LogP contribution < -0.4 is 16.2 Å². The molecule has 1 aromatic carbocycles. The number of aryl methyl sites for hydroxylation is 1. The fourth-order valence-corrected chi connectivity index (χ4v) is 5.39. The summed E-state index contributed by atoms with van der Waals surface area (Å²) in [4.78, 5) is 25.3. The second-order valence-electron chi connectivity index (χ2n) is 10.1. The van der Waals surface area contributed by atoms with E-state index in [9.17, 15) is 4.79 Å². The molecule has 0 amide bonds. The smallest absolute Gasteiger partial charge is 0.343 e. The van der Waals surface area contributed by atoms with Crippen LogP contribution in [0.25, 0.3) is 0 Å². The molecule has 5 rings (SSSR count). The molecule has 1 saturated carbocycles. The van der Waals surface area contributed by atoms with Crippen molar-refractivity contribution in [3.63, 3.8) is 0 Å². The number of aromatic nitrogens is 5. The van der Waals surface area contributed by atoms with Gasteiger partial charge in [0.05, 0.1) is 5.71 Å². The summed E-state index contributed by atoms with van der Waals surface area (Å²) in [5.41, 5.74) is 9.04. The molecular formula is C26H33N7O2. The van der Waals surface area contributed by atoms with Gasteiger partial charge in [0.15, 0.2) is 11.5 Å². The van der Waals surface area contributed by atoms with Gasteiger partial charge in [0, 0.05) is 18.5 Å². The average molecular weight is 476 g/mol. The number of H-pyrrole nitrogens is 1. The molecule has 2 aliphatic rings. The third kappa shape index (κ3) is 4.47. The Bertz CT molecular complexity index is 1310. The number of rotatable bonds is 5. The number of ether oxygens (including phenoxy) is 1. The van der Waals surface area contributed by atoms with Crippen molar-refractivity contribution < 1.29 is 4.74 Å². The second kappa shape index (κ2) is 8.94. The first kappa shape index (κ1) is 23.3. The van der Waals surface area contributed by atoms with Gasteiger partial charge in [0.2, 0.25) is 5.88 Å². The number of aliphatic imine (C=N–C) groups is 1. The topological polar surface area (TPSA) is 124 Å². The molecule has 2 aromatic heterocycles. The first-order valence-electron chi connectivity index (χ1n) is 12.4. The van der Waals surface area contributed by atoms with E-state index in [1.165, 1.54) is 5.56 Å². The highest BCUT2D eigenvalue weighted by Gasteiger charge is 2.35. The Balaban J connectivity index is 1.29. The van der Waals surface area contributed by atoms with Crippen LogP contribution >= 0.6 is 0 Å². The Morgan fingerprint density at radius 1 is 1.14 bits per heavy atom. The summed E-state index contributed by atoms with van der Waals surface area (Å²) in [6.45, 7) is 8.42. The molecule has 9 nitrogen and oxygen atoms in total. The molecule has 0 spiro atoms. The maximum atomic E-state index is 11.8. The van der Waals surface area contributed by atoms with Crippen molar-refractivity contribution in [3.05, 3.63) is 57.5 Å². The molecule has 1 aliphatic carbocycles. The molecule has 1 fully saturated rings. The minimum atomic E-state index is -0.634. The molecule has 9 heteroatoms. The molecule has 3 heterocycles. The largest absolute Gasteiger partial charge is 0.463 e. The van der Waals surface area contributed by atoms with Gasteiger partial charge in [-0.1, -0.05) is 24.3 Å². The predicted octanol–water partition coefficient (Wildman–Crippen LogP) is 4.08. The number of aromatic amines is 1. The molecular weight excluding hydrogens is 442 g/mol. The SMILES string of the molecule is CCn1c(CC2CCC(c3ccc(C4=Nc5c(N)nc(C)nc5OC4(C)C)cc3)CC2)n[nH]c1=O. The summed E-state index contributed by atoms with van der Waals surface area (Å²) in [7, 11) is 0. The number of anilines is 1. The van der Waals surface area contributed by atoms with Gasteiger partial charge in [-0.05, 0) is 70.8 Å². The zero-order chi connectivity index (χ0) is 24.7. The molecule has 1 aliphatic heterocycles. The molecule has 0 bridgehead atoms. The minimum absolute atomic E-state index is 0.110. The first-order chi connectivity index (χ1) is 16.7. The van der Waals surface area contributed by atoms with E-state index in [0.717, 1.165) is 49.2 Å². The fourth-order valence-electron chi connectivity index (χ4n) is 5.39. The van der Waals surface area contributed by atoms with Gasteiger partial charge in [0.25, 0.3) is 0 Å². The second-order valence-corrected chi connectivity index (χ2v) is 10.1. The van der Waals surface area contributed by atoms with Crippen molar-refractivity contribution in [1.82, 2.24) is 24.7 Å². The maximum absolute atomic E-state index is 11.8. The van der Waals surface area contributed by atoms with Crippen molar-refractivity contribution in [2.45, 2.75) is 77.9 Å². The number of benzene rings is 1. The summed E-state index contributed by atoms with van der Waals surface area (Å²) < 4.78 is 7.92. The number of nitrogens with zero attached hydrogens (tertiary/aromatic N) is 5. The summed E-state index contributed by atoms with van der Waals surface area (Å²) in [6.07, 6.45) is 5.42. The Morgan fingerprint density at radius 3 is 2.54 bits per heavy atom. The lowest BCUT2D eigenvalue weighted by molar-refractivity contribution is 0.171. The van der Waals surface area contributed by atoms with E-state index in [0.29, 0.717) is 41.6 Å². The Morgan fingerprint density at radius 2 is 1.86 bits per heavy atom. The number of fused-ring (bicyclic) bond motifs is 1. The van der Waals surface area contributed by atoms with Crippen molar-refractivity contribution >= 4 is 17.2 Å². The van der Waals surface area contributed by atoms with E-state index in [-0.39, 0.29) is 5.69 Å². The molecule has 3 N–H and O–H groups in total. The van der Waals surface area contributed by atoms with Crippen LogP contribution in [0, 0.1) is 12.8 Å². The zero-order valence-electron chi connectivity index (χ0n) is 20.8. The maximum Gasteiger partial charge on any atom is 0.343 e.